The number of hydrogen-bond acceptors (Lipinski definition) is 3. The highest BCUT2D eigenvalue weighted by molar-refractivity contribution is 7.10. The lowest BCUT2D eigenvalue weighted by Gasteiger charge is -2.44. The highest BCUT2D eigenvalue weighted by atomic mass is 32.1. The van der Waals surface area contributed by atoms with Gasteiger partial charge in [0.15, 0.2) is 0 Å². The monoisotopic (exact) mass is 308 g/mol. The summed E-state index contributed by atoms with van der Waals surface area (Å²) in [6.45, 7) is 2.73. The van der Waals surface area contributed by atoms with Crippen LogP contribution in [0, 0.1) is 0 Å². The molecule has 1 atom stereocenters. The van der Waals surface area contributed by atoms with E-state index in [4.69, 9.17) is 5.11 Å². The molecule has 2 aliphatic rings. The molecule has 2 heterocycles. The number of carboxylic acid groups (broad SMARTS) is 1. The molecular formula is C15H20N2O3S. The van der Waals surface area contributed by atoms with Crippen LogP contribution in [-0.2, 0) is 11.2 Å². The zero-order valence-corrected chi connectivity index (χ0v) is 12.9. The topological polar surface area (TPSA) is 69.6 Å². The molecule has 0 aromatic carbocycles. The second-order valence-corrected chi connectivity index (χ2v) is 7.05. The summed E-state index contributed by atoms with van der Waals surface area (Å²) < 4.78 is 0. The molecule has 2 N–H and O–H groups in total. The third kappa shape index (κ3) is 2.64. The summed E-state index contributed by atoms with van der Waals surface area (Å²) >= 11 is 1.74. The summed E-state index contributed by atoms with van der Waals surface area (Å²) in [4.78, 5) is 26.7. The SMILES string of the molecule is CC1c2ccsc2CCN1C(=O)NC1(CC(=O)O)CCC1. The molecule has 5 nitrogen and oxygen atoms in total. The van der Waals surface area contributed by atoms with Gasteiger partial charge in [0.05, 0.1) is 18.0 Å². The number of rotatable bonds is 3. The Hall–Kier alpha value is -1.56. The normalized spacial score (nSPS) is 23.1. The van der Waals surface area contributed by atoms with Crippen molar-refractivity contribution in [1.82, 2.24) is 10.2 Å². The van der Waals surface area contributed by atoms with Crippen LogP contribution < -0.4 is 5.32 Å². The Morgan fingerprint density at radius 1 is 1.52 bits per heavy atom. The van der Waals surface area contributed by atoms with Crippen molar-refractivity contribution >= 4 is 23.3 Å². The summed E-state index contributed by atoms with van der Waals surface area (Å²) in [5.74, 6) is -0.846. The van der Waals surface area contributed by atoms with Gasteiger partial charge in [0.1, 0.15) is 0 Å². The van der Waals surface area contributed by atoms with E-state index in [1.54, 1.807) is 11.3 Å². The first-order chi connectivity index (χ1) is 10.0. The Bertz CT molecular complexity index is 565. The number of aliphatic carboxylic acids is 1. The zero-order valence-electron chi connectivity index (χ0n) is 12.1. The van der Waals surface area contributed by atoms with Crippen LogP contribution in [0.1, 0.15) is 49.1 Å². The van der Waals surface area contributed by atoms with Gasteiger partial charge in [-0.2, -0.15) is 0 Å². The molecule has 114 valence electrons. The molecule has 1 aliphatic heterocycles. The first-order valence-electron chi connectivity index (χ1n) is 7.38. The maximum absolute atomic E-state index is 12.6. The van der Waals surface area contributed by atoms with Gasteiger partial charge in [-0.15, -0.1) is 11.3 Å². The van der Waals surface area contributed by atoms with Crippen molar-refractivity contribution in [2.45, 2.75) is 50.6 Å². The summed E-state index contributed by atoms with van der Waals surface area (Å²) in [6.07, 6.45) is 3.41. The summed E-state index contributed by atoms with van der Waals surface area (Å²) in [5, 5.41) is 14.1. The minimum atomic E-state index is -0.846. The molecule has 1 aromatic heterocycles. The van der Waals surface area contributed by atoms with E-state index in [2.05, 4.69) is 16.8 Å². The average Bonchev–Trinajstić information content (AvgIpc) is 2.85. The van der Waals surface area contributed by atoms with E-state index in [0.717, 1.165) is 25.7 Å². The van der Waals surface area contributed by atoms with Gasteiger partial charge >= 0.3 is 12.0 Å². The van der Waals surface area contributed by atoms with Crippen molar-refractivity contribution in [3.05, 3.63) is 21.9 Å². The summed E-state index contributed by atoms with van der Waals surface area (Å²) in [6, 6.07) is 2.02. The lowest BCUT2D eigenvalue weighted by molar-refractivity contribution is -0.139. The van der Waals surface area contributed by atoms with Gasteiger partial charge in [-0.05, 0) is 49.6 Å². The van der Waals surface area contributed by atoms with Crippen LogP contribution in [-0.4, -0.2) is 34.1 Å². The van der Waals surface area contributed by atoms with Gasteiger partial charge in [-0.1, -0.05) is 0 Å². The van der Waals surface area contributed by atoms with Crippen LogP contribution in [0.25, 0.3) is 0 Å². The first-order valence-corrected chi connectivity index (χ1v) is 8.26. The quantitative estimate of drug-likeness (QED) is 0.902. The second kappa shape index (κ2) is 5.33. The number of fused-ring (bicyclic) bond motifs is 1. The maximum Gasteiger partial charge on any atom is 0.318 e. The Morgan fingerprint density at radius 2 is 2.29 bits per heavy atom. The van der Waals surface area contributed by atoms with Crippen LogP contribution in [0.3, 0.4) is 0 Å². The third-order valence-corrected chi connectivity index (χ3v) is 5.71. The Kier molecular flexibility index (Phi) is 3.65. The van der Waals surface area contributed by atoms with Crippen LogP contribution in [0.4, 0.5) is 4.79 Å². The van der Waals surface area contributed by atoms with Crippen molar-refractivity contribution in [3.8, 4) is 0 Å². The van der Waals surface area contributed by atoms with E-state index in [0.29, 0.717) is 6.54 Å². The number of carboxylic acids is 1. The van der Waals surface area contributed by atoms with Gasteiger partial charge < -0.3 is 15.3 Å². The van der Waals surface area contributed by atoms with Crippen LogP contribution in [0.15, 0.2) is 11.4 Å². The predicted molar refractivity (Wildman–Crippen MR) is 80.5 cm³/mol. The first kappa shape index (κ1) is 14.4. The number of urea groups is 1. The number of carbonyl (C=O) groups excluding carboxylic acids is 1. The largest absolute Gasteiger partial charge is 0.481 e. The third-order valence-electron chi connectivity index (χ3n) is 4.71. The van der Waals surface area contributed by atoms with Crippen molar-refractivity contribution < 1.29 is 14.7 Å². The molecule has 0 spiro atoms. The number of carbonyl (C=O) groups is 2. The van der Waals surface area contributed by atoms with Gasteiger partial charge in [-0.25, -0.2) is 4.79 Å². The molecule has 3 rings (SSSR count). The highest BCUT2D eigenvalue weighted by Gasteiger charge is 2.42. The average molecular weight is 308 g/mol. The number of amides is 2. The fourth-order valence-corrected chi connectivity index (χ4v) is 4.29. The van der Waals surface area contributed by atoms with E-state index >= 15 is 0 Å². The molecule has 1 aromatic rings. The Morgan fingerprint density at radius 3 is 2.90 bits per heavy atom. The lowest BCUT2D eigenvalue weighted by Crippen LogP contribution is -2.58. The van der Waals surface area contributed by atoms with E-state index < -0.39 is 11.5 Å². The van der Waals surface area contributed by atoms with Crippen molar-refractivity contribution in [3.63, 3.8) is 0 Å². The molecule has 21 heavy (non-hydrogen) atoms. The van der Waals surface area contributed by atoms with E-state index in [1.807, 2.05) is 11.8 Å². The molecule has 0 bridgehead atoms. The minimum absolute atomic E-state index is 0.0185. The van der Waals surface area contributed by atoms with E-state index in [-0.39, 0.29) is 18.5 Å². The van der Waals surface area contributed by atoms with Gasteiger partial charge in [0.2, 0.25) is 0 Å². The molecule has 2 amide bonds. The van der Waals surface area contributed by atoms with Crippen molar-refractivity contribution in [1.29, 1.82) is 0 Å². The molecule has 1 fully saturated rings. The van der Waals surface area contributed by atoms with Crippen molar-refractivity contribution in [2.75, 3.05) is 6.54 Å². The number of nitrogens with zero attached hydrogens (tertiary/aromatic N) is 1. The Labute approximate surface area is 128 Å². The van der Waals surface area contributed by atoms with Crippen LogP contribution in [0.5, 0.6) is 0 Å². The minimum Gasteiger partial charge on any atom is -0.481 e. The standard InChI is InChI=1S/C15H20N2O3S/c1-10-11-4-8-21-12(11)3-7-17(10)14(20)16-15(5-2-6-15)9-13(18)19/h4,8,10H,2-3,5-7,9H2,1H3,(H,16,20)(H,18,19). The molecule has 1 unspecified atom stereocenters. The molecule has 1 aliphatic carbocycles. The highest BCUT2D eigenvalue weighted by Crippen LogP contribution is 2.37. The fourth-order valence-electron chi connectivity index (χ4n) is 3.32. The Balaban J connectivity index is 1.70. The van der Waals surface area contributed by atoms with Crippen LogP contribution in [0.2, 0.25) is 0 Å². The predicted octanol–water partition coefficient (Wildman–Crippen LogP) is 2.77. The van der Waals surface area contributed by atoms with Crippen molar-refractivity contribution in [2.24, 2.45) is 0 Å². The van der Waals surface area contributed by atoms with Crippen LogP contribution >= 0.6 is 11.3 Å². The maximum atomic E-state index is 12.6. The molecular weight excluding hydrogens is 288 g/mol. The molecule has 1 saturated carbocycles. The summed E-state index contributed by atoms with van der Waals surface area (Å²) in [5.41, 5.74) is 0.694. The smallest absolute Gasteiger partial charge is 0.318 e. The number of nitrogens with one attached hydrogen (secondary N) is 1. The van der Waals surface area contributed by atoms with Gasteiger partial charge in [0, 0.05) is 11.4 Å². The molecule has 0 saturated heterocycles. The molecule has 6 heteroatoms. The van der Waals surface area contributed by atoms with E-state index in [1.165, 1.54) is 10.4 Å². The van der Waals surface area contributed by atoms with Gasteiger partial charge in [-0.3, -0.25) is 4.79 Å². The van der Waals surface area contributed by atoms with E-state index in [9.17, 15) is 9.59 Å². The summed E-state index contributed by atoms with van der Waals surface area (Å²) in [7, 11) is 0. The number of hydrogen-bond donors (Lipinski definition) is 2. The van der Waals surface area contributed by atoms with Gasteiger partial charge in [0.25, 0.3) is 0 Å². The second-order valence-electron chi connectivity index (χ2n) is 6.05. The fraction of sp³-hybridized carbons (Fsp3) is 0.600. The molecule has 0 radical (unpaired) electrons. The number of thiophene rings is 1. The lowest BCUT2D eigenvalue weighted by atomic mass is 9.74. The zero-order chi connectivity index (χ0) is 15.0.